The van der Waals surface area contributed by atoms with Crippen molar-refractivity contribution in [3.63, 3.8) is 0 Å². The molecule has 3 nitrogen and oxygen atoms in total. The van der Waals surface area contributed by atoms with Gasteiger partial charge in [0.2, 0.25) is 0 Å². The Kier molecular flexibility index (Phi) is 5.52. The van der Waals surface area contributed by atoms with E-state index in [0.29, 0.717) is 17.3 Å². The van der Waals surface area contributed by atoms with E-state index >= 15 is 0 Å². The lowest BCUT2D eigenvalue weighted by molar-refractivity contribution is -0.136. The highest BCUT2D eigenvalue weighted by molar-refractivity contribution is 5.86. The predicted molar refractivity (Wildman–Crippen MR) is 95.1 cm³/mol. The molecule has 0 saturated heterocycles. The number of rotatable bonds is 4. The Balaban J connectivity index is 0.00000208. The van der Waals surface area contributed by atoms with Gasteiger partial charge in [0, 0.05) is 17.4 Å². The molecule has 0 aliphatic carbocycles. The summed E-state index contributed by atoms with van der Waals surface area (Å²) in [5.74, 6) is -1.22. The number of hydrogen-bond donors (Lipinski definition) is 1. The Morgan fingerprint density at radius 2 is 1.83 bits per heavy atom. The fourth-order valence-electron chi connectivity index (χ4n) is 2.59. The molecule has 0 fully saturated rings. The highest BCUT2D eigenvalue weighted by Crippen LogP contribution is 2.26. The number of aromatic nitrogens is 1. The van der Waals surface area contributed by atoms with Gasteiger partial charge in [-0.3, -0.25) is 4.79 Å². The quantitative estimate of drug-likeness (QED) is 0.739. The number of carboxylic acids is 1. The summed E-state index contributed by atoms with van der Waals surface area (Å²) in [7, 11) is 0. The zero-order chi connectivity index (χ0) is 16.4. The second-order valence-corrected chi connectivity index (χ2v) is 5.59. The first kappa shape index (κ1) is 17.9. The normalized spacial score (nSPS) is 10.4. The van der Waals surface area contributed by atoms with Gasteiger partial charge in [0.25, 0.3) is 0 Å². The second kappa shape index (κ2) is 7.41. The summed E-state index contributed by atoms with van der Waals surface area (Å²) in [6, 6.07) is 14.2. The molecule has 0 spiro atoms. The number of aryl methyl sites for hydroxylation is 2. The lowest BCUT2D eigenvalue weighted by Gasteiger charge is -2.10. The van der Waals surface area contributed by atoms with Crippen molar-refractivity contribution in [1.29, 1.82) is 0 Å². The zero-order valence-corrected chi connectivity index (χ0v) is 13.9. The summed E-state index contributed by atoms with van der Waals surface area (Å²) in [5, 5.41) is 9.60. The van der Waals surface area contributed by atoms with Crippen LogP contribution in [0.4, 0.5) is 4.39 Å². The largest absolute Gasteiger partial charge is 0.481 e. The van der Waals surface area contributed by atoms with E-state index in [-0.39, 0.29) is 24.6 Å². The van der Waals surface area contributed by atoms with Crippen LogP contribution in [0, 0.1) is 12.7 Å². The van der Waals surface area contributed by atoms with E-state index in [2.05, 4.69) is 4.98 Å². The molecular formula is C19H17ClFNO2. The molecule has 0 bridgehead atoms. The summed E-state index contributed by atoms with van der Waals surface area (Å²) in [6.07, 6.45) is 0.347. The van der Waals surface area contributed by atoms with Crippen molar-refractivity contribution in [2.75, 3.05) is 0 Å². The van der Waals surface area contributed by atoms with Gasteiger partial charge in [-0.05, 0) is 43.2 Å². The molecule has 1 N–H and O–H groups in total. The van der Waals surface area contributed by atoms with E-state index in [1.165, 1.54) is 12.1 Å². The molecule has 1 heterocycles. The Morgan fingerprint density at radius 1 is 1.12 bits per heavy atom. The molecule has 0 unspecified atom stereocenters. The Labute approximate surface area is 145 Å². The van der Waals surface area contributed by atoms with Gasteiger partial charge in [-0.15, -0.1) is 12.4 Å². The average molecular weight is 346 g/mol. The van der Waals surface area contributed by atoms with Crippen LogP contribution in [0.2, 0.25) is 0 Å². The van der Waals surface area contributed by atoms with Crippen molar-refractivity contribution in [3.05, 3.63) is 65.5 Å². The molecule has 1 aromatic heterocycles. The van der Waals surface area contributed by atoms with Gasteiger partial charge in [0.05, 0.1) is 11.2 Å². The summed E-state index contributed by atoms with van der Waals surface area (Å²) in [6.45, 7) is 2.01. The third-order valence-corrected chi connectivity index (χ3v) is 3.81. The van der Waals surface area contributed by atoms with Crippen molar-refractivity contribution >= 4 is 29.3 Å². The molecule has 5 heteroatoms. The van der Waals surface area contributed by atoms with Crippen LogP contribution in [0.15, 0.2) is 48.5 Å². The van der Waals surface area contributed by atoms with E-state index in [1.807, 2.05) is 37.3 Å². The first-order valence-electron chi connectivity index (χ1n) is 7.41. The van der Waals surface area contributed by atoms with Gasteiger partial charge < -0.3 is 5.11 Å². The molecule has 0 amide bonds. The molecule has 0 atom stereocenters. The Morgan fingerprint density at radius 3 is 2.50 bits per heavy atom. The third kappa shape index (κ3) is 3.89. The second-order valence-electron chi connectivity index (χ2n) is 5.59. The molecule has 24 heavy (non-hydrogen) atoms. The maximum atomic E-state index is 13.5. The predicted octanol–water partition coefficient (Wildman–Crippen LogP) is 4.79. The molecule has 124 valence electrons. The van der Waals surface area contributed by atoms with Gasteiger partial charge in [0.15, 0.2) is 0 Å². The standard InChI is InChI=1S/C19H16FNO2.ClH/c1-12-2-4-13(5-3-12)18-10-14(6-9-19(22)23)16-11-15(20)7-8-17(16)21-18;/h2-5,7-8,10-11H,6,9H2,1H3,(H,22,23);1H. The lowest BCUT2D eigenvalue weighted by Crippen LogP contribution is -2.00. The van der Waals surface area contributed by atoms with Crippen molar-refractivity contribution < 1.29 is 14.3 Å². The van der Waals surface area contributed by atoms with Crippen LogP contribution in [0.3, 0.4) is 0 Å². The van der Waals surface area contributed by atoms with Crippen LogP contribution in [0.25, 0.3) is 22.2 Å². The monoisotopic (exact) mass is 345 g/mol. The van der Waals surface area contributed by atoms with Gasteiger partial charge in [-0.2, -0.15) is 0 Å². The Hall–Kier alpha value is -2.46. The molecule has 3 aromatic rings. The molecule has 0 aliphatic rings. The van der Waals surface area contributed by atoms with Crippen LogP contribution in [0.1, 0.15) is 17.5 Å². The summed E-state index contributed by atoms with van der Waals surface area (Å²) in [5.41, 5.74) is 4.35. The number of carboxylic acid groups (broad SMARTS) is 1. The summed E-state index contributed by atoms with van der Waals surface area (Å²) < 4.78 is 13.5. The van der Waals surface area contributed by atoms with Crippen LogP contribution < -0.4 is 0 Å². The summed E-state index contributed by atoms with van der Waals surface area (Å²) >= 11 is 0. The SMILES string of the molecule is Cc1ccc(-c2cc(CCC(=O)O)c3cc(F)ccc3n2)cc1.Cl. The fraction of sp³-hybridized carbons (Fsp3) is 0.158. The van der Waals surface area contributed by atoms with Gasteiger partial charge in [-0.25, -0.2) is 9.37 Å². The van der Waals surface area contributed by atoms with E-state index in [4.69, 9.17) is 5.11 Å². The van der Waals surface area contributed by atoms with Crippen molar-refractivity contribution in [2.24, 2.45) is 0 Å². The van der Waals surface area contributed by atoms with Crippen LogP contribution in [-0.4, -0.2) is 16.1 Å². The Bertz CT molecular complexity index is 878. The highest BCUT2D eigenvalue weighted by atomic mass is 35.5. The number of nitrogens with zero attached hydrogens (tertiary/aromatic N) is 1. The topological polar surface area (TPSA) is 50.2 Å². The smallest absolute Gasteiger partial charge is 0.303 e. The van der Waals surface area contributed by atoms with Crippen LogP contribution in [0.5, 0.6) is 0 Å². The number of fused-ring (bicyclic) bond motifs is 1. The van der Waals surface area contributed by atoms with E-state index in [1.54, 1.807) is 6.07 Å². The number of hydrogen-bond acceptors (Lipinski definition) is 2. The van der Waals surface area contributed by atoms with Crippen LogP contribution in [-0.2, 0) is 11.2 Å². The molecule has 0 radical (unpaired) electrons. The first-order chi connectivity index (χ1) is 11.0. The summed E-state index contributed by atoms with van der Waals surface area (Å²) in [4.78, 5) is 15.5. The minimum Gasteiger partial charge on any atom is -0.481 e. The van der Waals surface area contributed by atoms with E-state index in [9.17, 15) is 9.18 Å². The molecule has 2 aromatic carbocycles. The fourth-order valence-corrected chi connectivity index (χ4v) is 2.59. The average Bonchev–Trinajstić information content (AvgIpc) is 2.53. The van der Waals surface area contributed by atoms with Crippen molar-refractivity contribution in [1.82, 2.24) is 4.98 Å². The molecular weight excluding hydrogens is 329 g/mol. The first-order valence-corrected chi connectivity index (χ1v) is 7.41. The maximum Gasteiger partial charge on any atom is 0.303 e. The lowest BCUT2D eigenvalue weighted by atomic mass is 10.00. The number of aliphatic carboxylic acids is 1. The van der Waals surface area contributed by atoms with Gasteiger partial charge in [-0.1, -0.05) is 29.8 Å². The van der Waals surface area contributed by atoms with Gasteiger partial charge >= 0.3 is 5.97 Å². The maximum absolute atomic E-state index is 13.5. The van der Waals surface area contributed by atoms with Crippen LogP contribution >= 0.6 is 12.4 Å². The van der Waals surface area contributed by atoms with E-state index < -0.39 is 5.97 Å². The number of pyridine rings is 1. The molecule has 0 saturated carbocycles. The number of carbonyl (C=O) groups is 1. The van der Waals surface area contributed by atoms with E-state index in [0.717, 1.165) is 22.4 Å². The third-order valence-electron chi connectivity index (χ3n) is 3.81. The van der Waals surface area contributed by atoms with Gasteiger partial charge in [0.1, 0.15) is 5.82 Å². The van der Waals surface area contributed by atoms with Crippen molar-refractivity contribution in [2.45, 2.75) is 19.8 Å². The minimum absolute atomic E-state index is 0. The molecule has 0 aliphatic heterocycles. The molecule has 3 rings (SSSR count). The number of benzene rings is 2. The van der Waals surface area contributed by atoms with Crippen molar-refractivity contribution in [3.8, 4) is 11.3 Å². The number of halogens is 2. The highest BCUT2D eigenvalue weighted by Gasteiger charge is 2.10. The zero-order valence-electron chi connectivity index (χ0n) is 13.1. The minimum atomic E-state index is -0.872.